The number of benzene rings is 2. The first-order chi connectivity index (χ1) is 18.2. The summed E-state index contributed by atoms with van der Waals surface area (Å²) in [5, 5.41) is 26.3. The number of hydrogen-bond acceptors (Lipinski definition) is 6. The normalized spacial score (nSPS) is 13.4. The zero-order chi connectivity index (χ0) is 29.5. The van der Waals surface area contributed by atoms with E-state index in [1.165, 1.54) is 6.07 Å². The molecule has 9 nitrogen and oxygen atoms in total. The molecule has 3 N–H and O–H groups in total. The van der Waals surface area contributed by atoms with Gasteiger partial charge in [-0.2, -0.15) is 5.26 Å². The Balaban J connectivity index is 2.63. The Morgan fingerprint density at radius 2 is 1.74 bits per heavy atom. The third kappa shape index (κ3) is 8.11. The highest BCUT2D eigenvalue weighted by atomic mass is 35.5. The number of nitrogens with zero attached hydrogens (tertiary/aromatic N) is 2. The molecule has 0 aliphatic rings. The fourth-order valence-electron chi connectivity index (χ4n) is 4.00. The Hall–Kier alpha value is -3.77. The average molecular weight is 557 g/mol. The molecule has 0 aromatic heterocycles. The smallest absolute Gasteiger partial charge is 0.408 e. The molecule has 2 aromatic rings. The van der Waals surface area contributed by atoms with Gasteiger partial charge in [-0.3, -0.25) is 9.59 Å². The van der Waals surface area contributed by atoms with Crippen LogP contribution in [0.25, 0.3) is 0 Å². The van der Waals surface area contributed by atoms with Crippen molar-refractivity contribution in [2.45, 2.75) is 72.6 Å². The van der Waals surface area contributed by atoms with Gasteiger partial charge < -0.3 is 25.4 Å². The van der Waals surface area contributed by atoms with Crippen LogP contribution in [-0.4, -0.2) is 46.1 Å². The molecule has 2 aromatic carbocycles. The topological polar surface area (TPSA) is 132 Å². The number of carbonyl (C=O) groups is 3. The molecule has 0 aliphatic heterocycles. The summed E-state index contributed by atoms with van der Waals surface area (Å²) in [6.45, 7) is 11.7. The van der Waals surface area contributed by atoms with Gasteiger partial charge in [0.15, 0.2) is 0 Å². The number of amides is 3. The lowest BCUT2D eigenvalue weighted by Crippen LogP contribution is -2.54. The average Bonchev–Trinajstić information content (AvgIpc) is 2.85. The summed E-state index contributed by atoms with van der Waals surface area (Å²) in [7, 11) is 0. The van der Waals surface area contributed by atoms with Crippen molar-refractivity contribution in [3.05, 3.63) is 58.1 Å². The first-order valence-corrected chi connectivity index (χ1v) is 13.1. The molecule has 3 amide bonds. The van der Waals surface area contributed by atoms with Crippen LogP contribution in [0.5, 0.6) is 5.75 Å². The monoisotopic (exact) mass is 556 g/mol. The van der Waals surface area contributed by atoms with Crippen molar-refractivity contribution in [1.29, 1.82) is 5.26 Å². The molecule has 0 bridgehead atoms. The number of aryl methyl sites for hydroxylation is 2. The lowest BCUT2D eigenvalue weighted by Gasteiger charge is -2.35. The second-order valence-corrected chi connectivity index (χ2v) is 10.9. The minimum absolute atomic E-state index is 0.126. The van der Waals surface area contributed by atoms with Crippen molar-refractivity contribution in [2.24, 2.45) is 5.92 Å². The SMILES string of the molecule is CCC(C)C(NC(=O)OC(C)(C)C)C(=O)N(CC#N)C(C(=O)Nc1c(C)cccc1Cl)c1cccc(C)c1O. The number of hydrogen-bond donors (Lipinski definition) is 3. The Bertz CT molecular complexity index is 1230. The Kier molecular flexibility index (Phi) is 10.8. The van der Waals surface area contributed by atoms with Crippen molar-refractivity contribution in [3.8, 4) is 11.8 Å². The van der Waals surface area contributed by atoms with Gasteiger partial charge in [-0.1, -0.05) is 62.2 Å². The number of halogens is 1. The van der Waals surface area contributed by atoms with Crippen molar-refractivity contribution < 1.29 is 24.2 Å². The van der Waals surface area contributed by atoms with E-state index in [1.807, 2.05) is 13.0 Å². The summed E-state index contributed by atoms with van der Waals surface area (Å²) in [5.74, 6) is -1.92. The first-order valence-electron chi connectivity index (χ1n) is 12.7. The van der Waals surface area contributed by atoms with Gasteiger partial charge in [0, 0.05) is 5.56 Å². The second-order valence-electron chi connectivity index (χ2n) is 10.5. The van der Waals surface area contributed by atoms with E-state index in [2.05, 4.69) is 10.6 Å². The third-order valence-electron chi connectivity index (χ3n) is 6.27. The van der Waals surface area contributed by atoms with E-state index in [0.717, 1.165) is 4.90 Å². The van der Waals surface area contributed by atoms with Crippen molar-refractivity contribution in [2.75, 3.05) is 11.9 Å². The molecular formula is C29H37ClN4O5. The molecule has 2 rings (SSSR count). The minimum atomic E-state index is -1.42. The summed E-state index contributed by atoms with van der Waals surface area (Å²) in [6, 6.07) is 9.37. The molecule has 0 aliphatic carbocycles. The predicted octanol–water partition coefficient (Wildman–Crippen LogP) is 5.63. The van der Waals surface area contributed by atoms with Gasteiger partial charge in [-0.05, 0) is 57.7 Å². The van der Waals surface area contributed by atoms with Crippen molar-refractivity contribution >= 4 is 35.2 Å². The van der Waals surface area contributed by atoms with Crippen LogP contribution in [0.15, 0.2) is 36.4 Å². The van der Waals surface area contributed by atoms with Crippen LogP contribution in [0.4, 0.5) is 10.5 Å². The van der Waals surface area contributed by atoms with Crippen molar-refractivity contribution in [3.63, 3.8) is 0 Å². The van der Waals surface area contributed by atoms with E-state index in [4.69, 9.17) is 16.3 Å². The highest BCUT2D eigenvalue weighted by Crippen LogP contribution is 2.34. The predicted molar refractivity (Wildman–Crippen MR) is 150 cm³/mol. The number of para-hydroxylation sites is 2. The number of carbonyl (C=O) groups excluding carboxylic acids is 3. The largest absolute Gasteiger partial charge is 0.507 e. The quantitative estimate of drug-likeness (QED) is 0.343. The van der Waals surface area contributed by atoms with Gasteiger partial charge >= 0.3 is 6.09 Å². The van der Waals surface area contributed by atoms with E-state index in [0.29, 0.717) is 23.2 Å². The number of rotatable bonds is 9. The van der Waals surface area contributed by atoms with Gasteiger partial charge in [0.25, 0.3) is 5.91 Å². The van der Waals surface area contributed by atoms with Gasteiger partial charge in [0.2, 0.25) is 5.91 Å². The maximum Gasteiger partial charge on any atom is 0.408 e. The lowest BCUT2D eigenvalue weighted by molar-refractivity contribution is -0.141. The number of ether oxygens (including phenoxy) is 1. The number of alkyl carbamates (subject to hydrolysis) is 1. The van der Waals surface area contributed by atoms with E-state index < -0.39 is 42.1 Å². The standard InChI is InChI=1S/C29H37ClN4O5/c1-8-17(2)23(33-28(38)39-29(5,6)7)27(37)34(16-15-31)24(20-13-9-12-19(4)25(20)35)26(36)32-22-18(3)11-10-14-21(22)30/h9-14,17,23-24,35H,8,16H2,1-7H3,(H,32,36)(H,33,38). The Morgan fingerprint density at radius 1 is 1.13 bits per heavy atom. The summed E-state index contributed by atoms with van der Waals surface area (Å²) in [5.41, 5.74) is 0.832. The molecule has 0 radical (unpaired) electrons. The number of nitrogens with one attached hydrogen (secondary N) is 2. The minimum Gasteiger partial charge on any atom is -0.507 e. The highest BCUT2D eigenvalue weighted by molar-refractivity contribution is 6.34. The van der Waals surface area contributed by atoms with Crippen LogP contribution < -0.4 is 10.6 Å². The Morgan fingerprint density at radius 3 is 2.31 bits per heavy atom. The number of phenolic OH excluding ortho intramolecular Hbond substituents is 1. The molecule has 3 atom stereocenters. The number of nitriles is 1. The zero-order valence-corrected chi connectivity index (χ0v) is 24.2. The number of aromatic hydroxyl groups is 1. The van der Waals surface area contributed by atoms with Crippen LogP contribution in [0.1, 0.15) is 63.8 Å². The highest BCUT2D eigenvalue weighted by Gasteiger charge is 2.39. The molecule has 0 spiro atoms. The molecular weight excluding hydrogens is 520 g/mol. The summed E-state index contributed by atoms with van der Waals surface area (Å²) < 4.78 is 5.37. The molecule has 0 saturated carbocycles. The van der Waals surface area contributed by atoms with Crippen LogP contribution in [-0.2, 0) is 14.3 Å². The van der Waals surface area contributed by atoms with Crippen LogP contribution in [0.2, 0.25) is 5.02 Å². The molecule has 10 heteroatoms. The van der Waals surface area contributed by atoms with E-state index >= 15 is 0 Å². The van der Waals surface area contributed by atoms with Crippen LogP contribution >= 0.6 is 11.6 Å². The molecule has 0 fully saturated rings. The fourth-order valence-corrected chi connectivity index (χ4v) is 4.27. The first kappa shape index (κ1) is 31.4. The van der Waals surface area contributed by atoms with Crippen molar-refractivity contribution in [1.82, 2.24) is 10.2 Å². The lowest BCUT2D eigenvalue weighted by atomic mass is 9.95. The number of anilines is 1. The van der Waals surface area contributed by atoms with Crippen LogP contribution in [0, 0.1) is 31.1 Å². The Labute approximate surface area is 235 Å². The van der Waals surface area contributed by atoms with Gasteiger partial charge in [0.1, 0.15) is 30.0 Å². The van der Waals surface area contributed by atoms with Crippen LogP contribution in [0.3, 0.4) is 0 Å². The number of phenols is 1. The molecule has 39 heavy (non-hydrogen) atoms. The molecule has 3 unspecified atom stereocenters. The maximum absolute atomic E-state index is 14.1. The van der Waals surface area contributed by atoms with Gasteiger partial charge in [0.05, 0.1) is 16.8 Å². The third-order valence-corrected chi connectivity index (χ3v) is 6.58. The summed E-state index contributed by atoms with van der Waals surface area (Å²) >= 11 is 6.35. The van der Waals surface area contributed by atoms with E-state index in [1.54, 1.807) is 71.9 Å². The second kappa shape index (κ2) is 13.3. The summed E-state index contributed by atoms with van der Waals surface area (Å²) in [6.07, 6.45) is -0.290. The van der Waals surface area contributed by atoms with Gasteiger partial charge in [-0.15, -0.1) is 0 Å². The molecule has 0 saturated heterocycles. The zero-order valence-electron chi connectivity index (χ0n) is 23.5. The molecule has 0 heterocycles. The maximum atomic E-state index is 14.1. The van der Waals surface area contributed by atoms with E-state index in [-0.39, 0.29) is 22.3 Å². The fraction of sp³-hybridized carbons (Fsp3) is 0.448. The van der Waals surface area contributed by atoms with E-state index in [9.17, 15) is 24.8 Å². The summed E-state index contributed by atoms with van der Waals surface area (Å²) in [4.78, 5) is 41.7. The molecule has 210 valence electrons. The van der Waals surface area contributed by atoms with Gasteiger partial charge in [-0.25, -0.2) is 4.79 Å².